The highest BCUT2D eigenvalue weighted by Gasteiger charge is 2.38. The second-order valence-corrected chi connectivity index (χ2v) is 9.04. The van der Waals surface area contributed by atoms with Crippen LogP contribution in [0.3, 0.4) is 0 Å². The third-order valence-corrected chi connectivity index (χ3v) is 6.34. The lowest BCUT2D eigenvalue weighted by Gasteiger charge is -2.20. The van der Waals surface area contributed by atoms with E-state index >= 15 is 0 Å². The Bertz CT molecular complexity index is 1620. The topological polar surface area (TPSA) is 107 Å². The van der Waals surface area contributed by atoms with Crippen LogP contribution in [0.4, 0.5) is 17.6 Å². The van der Waals surface area contributed by atoms with Gasteiger partial charge in [-0.15, -0.1) is 0 Å². The number of carboxylic acid groups (broad SMARTS) is 1. The number of nitrogens with zero attached hydrogens (tertiary/aromatic N) is 2. The van der Waals surface area contributed by atoms with Crippen molar-refractivity contribution < 1.29 is 27.5 Å². The Morgan fingerprint density at radius 3 is 2.08 bits per heavy atom. The lowest BCUT2D eigenvalue weighted by atomic mass is 10.0. The number of hydrogen-bond donors (Lipinski definition) is 2. The number of rotatable bonds is 6. The first-order chi connectivity index (χ1) is 18.8. The highest BCUT2D eigenvalue weighted by atomic mass is 35.5. The molecule has 4 aromatic rings. The summed E-state index contributed by atoms with van der Waals surface area (Å²) < 4.78 is 49.0. The molecule has 40 heavy (non-hydrogen) atoms. The van der Waals surface area contributed by atoms with E-state index in [9.17, 15) is 27.2 Å². The van der Waals surface area contributed by atoms with Crippen molar-refractivity contribution >= 4 is 17.6 Å². The lowest BCUT2D eigenvalue weighted by molar-refractivity contribution is -0.192. The Hall–Kier alpha value is -4.22. The van der Waals surface area contributed by atoms with Gasteiger partial charge in [0, 0.05) is 22.3 Å². The maximum absolute atomic E-state index is 14.7. The van der Waals surface area contributed by atoms with Gasteiger partial charge in [0.15, 0.2) is 0 Å². The molecule has 0 spiro atoms. The highest BCUT2D eigenvalue weighted by Crippen LogP contribution is 2.24. The summed E-state index contributed by atoms with van der Waals surface area (Å²) in [5.74, 6) is -3.30. The van der Waals surface area contributed by atoms with Crippen molar-refractivity contribution in [3.8, 4) is 11.1 Å². The van der Waals surface area contributed by atoms with Crippen molar-refractivity contribution in [2.24, 2.45) is 5.73 Å². The van der Waals surface area contributed by atoms with Gasteiger partial charge in [0.1, 0.15) is 5.82 Å². The second kappa shape index (κ2) is 12.8. The third kappa shape index (κ3) is 7.04. The molecule has 0 amide bonds. The summed E-state index contributed by atoms with van der Waals surface area (Å²) in [5, 5.41) is 7.62. The van der Waals surface area contributed by atoms with Crippen LogP contribution < -0.4 is 17.0 Å². The molecule has 210 valence electrons. The Labute approximate surface area is 230 Å². The van der Waals surface area contributed by atoms with E-state index in [1.54, 1.807) is 31.2 Å². The Morgan fingerprint density at radius 1 is 0.950 bits per heavy atom. The van der Waals surface area contributed by atoms with Crippen LogP contribution in [0.5, 0.6) is 0 Å². The lowest BCUT2D eigenvalue weighted by Crippen LogP contribution is -2.44. The molecule has 0 radical (unpaired) electrons. The highest BCUT2D eigenvalue weighted by molar-refractivity contribution is 6.31. The van der Waals surface area contributed by atoms with Gasteiger partial charge in [0.2, 0.25) is 0 Å². The molecule has 0 aliphatic rings. The Balaban J connectivity index is 0.000000559. The standard InChI is InChI=1S/C26H23ClFN3O2.C2HF3O2/c1-17-24(20-12-6-8-14-22(20)28)25(32)31(16-23(29)18-9-3-2-4-10-18)26(33)30(17)15-19-11-5-7-13-21(19)27;3-2(4,5)1(6)7/h2-14,23H,15-16,29H2,1H3;(H,6,7)/t23-;/m0./s1. The summed E-state index contributed by atoms with van der Waals surface area (Å²) in [4.78, 5) is 35.9. The van der Waals surface area contributed by atoms with Crippen molar-refractivity contribution in [2.45, 2.75) is 32.2 Å². The quantitative estimate of drug-likeness (QED) is 0.308. The zero-order valence-corrected chi connectivity index (χ0v) is 21.8. The molecule has 1 atom stereocenters. The van der Waals surface area contributed by atoms with Gasteiger partial charge in [-0.2, -0.15) is 13.2 Å². The molecule has 0 saturated carbocycles. The number of nitrogens with two attached hydrogens (primary N) is 1. The molecule has 7 nitrogen and oxygen atoms in total. The number of benzene rings is 3. The van der Waals surface area contributed by atoms with Crippen molar-refractivity contribution in [1.29, 1.82) is 0 Å². The number of carboxylic acids is 1. The first-order valence-corrected chi connectivity index (χ1v) is 12.1. The van der Waals surface area contributed by atoms with Crippen LogP contribution in [0, 0.1) is 12.7 Å². The van der Waals surface area contributed by atoms with E-state index < -0.39 is 35.3 Å². The molecule has 12 heteroatoms. The van der Waals surface area contributed by atoms with E-state index in [4.69, 9.17) is 27.2 Å². The zero-order valence-electron chi connectivity index (χ0n) is 21.0. The van der Waals surface area contributed by atoms with E-state index in [1.165, 1.54) is 16.7 Å². The number of halogens is 5. The monoisotopic (exact) mass is 577 g/mol. The predicted molar refractivity (Wildman–Crippen MR) is 143 cm³/mol. The Kier molecular flexibility index (Phi) is 9.67. The predicted octanol–water partition coefficient (Wildman–Crippen LogP) is 5.16. The number of alkyl halides is 3. The molecule has 0 saturated heterocycles. The van der Waals surface area contributed by atoms with Gasteiger partial charge in [0.25, 0.3) is 5.56 Å². The minimum Gasteiger partial charge on any atom is -0.475 e. The van der Waals surface area contributed by atoms with Crippen LogP contribution in [-0.2, 0) is 17.9 Å². The molecule has 0 aliphatic carbocycles. The number of hydrogen-bond acceptors (Lipinski definition) is 4. The largest absolute Gasteiger partial charge is 0.490 e. The maximum Gasteiger partial charge on any atom is 0.490 e. The van der Waals surface area contributed by atoms with Gasteiger partial charge >= 0.3 is 17.8 Å². The van der Waals surface area contributed by atoms with Crippen molar-refractivity contribution in [1.82, 2.24) is 9.13 Å². The fourth-order valence-electron chi connectivity index (χ4n) is 3.92. The number of aromatic nitrogens is 2. The van der Waals surface area contributed by atoms with Crippen molar-refractivity contribution in [2.75, 3.05) is 0 Å². The van der Waals surface area contributed by atoms with Crippen molar-refractivity contribution in [3.63, 3.8) is 0 Å². The first-order valence-electron chi connectivity index (χ1n) is 11.8. The molecule has 1 heterocycles. The average molecular weight is 578 g/mol. The molecular formula is C28H24ClF4N3O4. The summed E-state index contributed by atoms with van der Waals surface area (Å²) in [7, 11) is 0. The summed E-state index contributed by atoms with van der Waals surface area (Å²) in [6.45, 7) is 1.72. The van der Waals surface area contributed by atoms with Crippen molar-refractivity contribution in [3.05, 3.63) is 127 Å². The molecule has 4 rings (SSSR count). The molecule has 0 unspecified atom stereocenters. The fraction of sp³-hybridized carbons (Fsp3) is 0.179. The minimum atomic E-state index is -5.08. The van der Waals surface area contributed by atoms with E-state index in [1.807, 2.05) is 42.5 Å². The van der Waals surface area contributed by atoms with E-state index in [2.05, 4.69) is 0 Å². The van der Waals surface area contributed by atoms with Gasteiger partial charge in [-0.05, 0) is 30.2 Å². The van der Waals surface area contributed by atoms with Gasteiger partial charge in [-0.1, -0.05) is 78.3 Å². The van der Waals surface area contributed by atoms with Crippen LogP contribution in [0.25, 0.3) is 11.1 Å². The zero-order chi connectivity index (χ0) is 29.6. The summed E-state index contributed by atoms with van der Waals surface area (Å²) >= 11 is 6.33. The summed E-state index contributed by atoms with van der Waals surface area (Å²) in [6.07, 6.45) is -5.08. The molecule has 1 aromatic heterocycles. The van der Waals surface area contributed by atoms with Gasteiger partial charge < -0.3 is 10.8 Å². The number of aliphatic carboxylic acids is 1. The number of carbonyl (C=O) groups is 1. The fourth-order valence-corrected chi connectivity index (χ4v) is 4.12. The van der Waals surface area contributed by atoms with Crippen LogP contribution in [0.1, 0.15) is 22.9 Å². The first kappa shape index (κ1) is 30.3. The molecule has 3 N–H and O–H groups in total. The molecular weight excluding hydrogens is 554 g/mol. The maximum atomic E-state index is 14.7. The third-order valence-electron chi connectivity index (χ3n) is 5.97. The van der Waals surface area contributed by atoms with Crippen LogP contribution in [0.15, 0.2) is 88.5 Å². The van der Waals surface area contributed by atoms with Gasteiger partial charge in [-0.25, -0.2) is 14.0 Å². The summed E-state index contributed by atoms with van der Waals surface area (Å²) in [5.41, 5.74) is 7.36. The molecule has 3 aromatic carbocycles. The van der Waals surface area contributed by atoms with Gasteiger partial charge in [-0.3, -0.25) is 13.9 Å². The second-order valence-electron chi connectivity index (χ2n) is 8.64. The summed E-state index contributed by atoms with van der Waals surface area (Å²) in [6, 6.07) is 21.8. The van der Waals surface area contributed by atoms with E-state index in [-0.39, 0.29) is 24.2 Å². The SMILES string of the molecule is Cc1c(-c2ccccc2F)c(=O)n(C[C@H](N)c2ccccc2)c(=O)n1Cc1ccccc1Cl.O=C(O)C(F)(F)F. The van der Waals surface area contributed by atoms with Crippen LogP contribution >= 0.6 is 11.6 Å². The van der Waals surface area contributed by atoms with Crippen LogP contribution in [-0.4, -0.2) is 26.4 Å². The van der Waals surface area contributed by atoms with E-state index in [0.29, 0.717) is 16.3 Å². The average Bonchev–Trinajstić information content (AvgIpc) is 2.91. The smallest absolute Gasteiger partial charge is 0.475 e. The minimum absolute atomic E-state index is 0.0497. The molecule has 0 bridgehead atoms. The molecule has 0 aliphatic heterocycles. The van der Waals surface area contributed by atoms with E-state index in [0.717, 1.165) is 10.1 Å². The van der Waals surface area contributed by atoms with Gasteiger partial charge in [0.05, 0.1) is 18.7 Å². The normalized spacial score (nSPS) is 11.9. The molecule has 0 fully saturated rings. The van der Waals surface area contributed by atoms with Crippen LogP contribution in [0.2, 0.25) is 5.02 Å². The Morgan fingerprint density at radius 2 is 1.50 bits per heavy atom.